The molecule has 8 rings (SSSR count). The minimum atomic E-state index is 1.18. The number of benzene rings is 7. The summed E-state index contributed by atoms with van der Waals surface area (Å²) in [4.78, 5) is 0. The molecule has 1 heterocycles. The van der Waals surface area contributed by atoms with E-state index in [4.69, 9.17) is 0 Å². The van der Waals surface area contributed by atoms with Crippen LogP contribution in [0.4, 0.5) is 0 Å². The predicted octanol–water partition coefficient (Wildman–Crippen LogP) is 10.7. The lowest BCUT2D eigenvalue weighted by Crippen LogP contribution is -1.93. The van der Waals surface area contributed by atoms with Gasteiger partial charge in [-0.15, -0.1) is 0 Å². The molecule has 0 fully saturated rings. The van der Waals surface area contributed by atoms with E-state index in [1.807, 2.05) is 0 Å². The number of fused-ring (bicyclic) bond motifs is 5. The van der Waals surface area contributed by atoms with Crippen molar-refractivity contribution in [2.75, 3.05) is 0 Å². The summed E-state index contributed by atoms with van der Waals surface area (Å²) in [5.74, 6) is 0. The first kappa shape index (κ1) is 22.8. The third-order valence-corrected chi connectivity index (χ3v) is 8.22. The van der Waals surface area contributed by atoms with Crippen LogP contribution < -0.4 is 0 Å². The van der Waals surface area contributed by atoms with Crippen LogP contribution in [-0.4, -0.2) is 4.57 Å². The second-order valence-electron chi connectivity index (χ2n) is 10.8. The number of hydrogen-bond donors (Lipinski definition) is 0. The molecule has 8 aromatic rings. The first-order chi connectivity index (χ1) is 19.7. The molecule has 0 radical (unpaired) electrons. The average molecular weight is 510 g/mol. The molecule has 0 saturated heterocycles. The van der Waals surface area contributed by atoms with Crippen molar-refractivity contribution in [3.05, 3.63) is 151 Å². The van der Waals surface area contributed by atoms with Crippen molar-refractivity contribution >= 4 is 43.4 Å². The molecule has 0 bridgehead atoms. The Balaban J connectivity index is 1.37. The molecule has 0 atom stereocenters. The van der Waals surface area contributed by atoms with E-state index < -0.39 is 0 Å². The molecule has 1 heteroatoms. The molecule has 1 nitrogen and oxygen atoms in total. The Morgan fingerprint density at radius 1 is 0.375 bits per heavy atom. The zero-order chi connectivity index (χ0) is 26.6. The van der Waals surface area contributed by atoms with Gasteiger partial charge in [-0.05, 0) is 99.3 Å². The van der Waals surface area contributed by atoms with E-state index in [-0.39, 0.29) is 0 Å². The molecular formula is C39H27N. The Morgan fingerprint density at radius 2 is 0.800 bits per heavy atom. The standard InChI is InChI=1S/C39H27N/c1-26-10-18-35(19-11-26)40-38-20-16-33(31-14-12-27-6-2-4-8-29(27)22-31)24-36(38)37-25-34(17-21-39(37)40)32-15-13-28-7-3-5-9-30(28)23-32/h2-25H,1H3. The molecule has 40 heavy (non-hydrogen) atoms. The van der Waals surface area contributed by atoms with Crippen LogP contribution in [0.1, 0.15) is 5.56 Å². The monoisotopic (exact) mass is 509 g/mol. The highest BCUT2D eigenvalue weighted by Crippen LogP contribution is 2.38. The van der Waals surface area contributed by atoms with Gasteiger partial charge in [0.1, 0.15) is 0 Å². The van der Waals surface area contributed by atoms with Gasteiger partial charge in [-0.25, -0.2) is 0 Å². The third kappa shape index (κ3) is 3.71. The molecule has 0 unspecified atom stereocenters. The SMILES string of the molecule is Cc1ccc(-n2c3ccc(-c4ccc5ccccc5c4)cc3c3cc(-c4ccc5ccccc5c4)ccc32)cc1. The maximum atomic E-state index is 2.40. The summed E-state index contributed by atoms with van der Waals surface area (Å²) in [6, 6.07) is 53.4. The van der Waals surface area contributed by atoms with Crippen LogP contribution in [0.15, 0.2) is 146 Å². The van der Waals surface area contributed by atoms with Crippen molar-refractivity contribution in [2.24, 2.45) is 0 Å². The van der Waals surface area contributed by atoms with Crippen molar-refractivity contribution in [3.63, 3.8) is 0 Å². The fourth-order valence-electron chi connectivity index (χ4n) is 6.09. The Kier molecular flexibility index (Phi) is 5.11. The van der Waals surface area contributed by atoms with Gasteiger partial charge < -0.3 is 4.57 Å². The summed E-state index contributed by atoms with van der Waals surface area (Å²) in [5.41, 5.74) is 9.84. The topological polar surface area (TPSA) is 4.93 Å². The predicted molar refractivity (Wildman–Crippen MR) is 171 cm³/mol. The highest BCUT2D eigenvalue weighted by Gasteiger charge is 2.15. The quantitative estimate of drug-likeness (QED) is 0.223. The fraction of sp³-hybridized carbons (Fsp3) is 0.0256. The Labute approximate surface area is 233 Å². The average Bonchev–Trinajstić information content (AvgIpc) is 3.34. The maximum Gasteiger partial charge on any atom is 0.0541 e. The summed E-state index contributed by atoms with van der Waals surface area (Å²) in [6.45, 7) is 2.14. The number of nitrogens with zero attached hydrogens (tertiary/aromatic N) is 1. The van der Waals surface area contributed by atoms with Crippen LogP contribution in [0.25, 0.3) is 71.3 Å². The molecular weight excluding hydrogens is 482 g/mol. The largest absolute Gasteiger partial charge is 0.309 e. The maximum absolute atomic E-state index is 2.40. The Morgan fingerprint density at radius 3 is 1.30 bits per heavy atom. The third-order valence-electron chi connectivity index (χ3n) is 8.22. The molecule has 1 aromatic heterocycles. The molecule has 0 amide bonds. The van der Waals surface area contributed by atoms with Crippen molar-refractivity contribution in [2.45, 2.75) is 6.92 Å². The Hall–Kier alpha value is -5.14. The summed E-state index contributed by atoms with van der Waals surface area (Å²) in [6.07, 6.45) is 0. The van der Waals surface area contributed by atoms with E-state index in [9.17, 15) is 0 Å². The minimum absolute atomic E-state index is 1.18. The summed E-state index contributed by atoms with van der Waals surface area (Å²) >= 11 is 0. The van der Waals surface area contributed by atoms with Gasteiger partial charge in [0.15, 0.2) is 0 Å². The first-order valence-corrected chi connectivity index (χ1v) is 13.8. The lowest BCUT2D eigenvalue weighted by Gasteiger charge is -2.09. The van der Waals surface area contributed by atoms with Gasteiger partial charge in [0.2, 0.25) is 0 Å². The van der Waals surface area contributed by atoms with Crippen molar-refractivity contribution < 1.29 is 0 Å². The molecule has 0 aliphatic rings. The van der Waals surface area contributed by atoms with Gasteiger partial charge in [0.05, 0.1) is 11.0 Å². The van der Waals surface area contributed by atoms with Crippen molar-refractivity contribution in [3.8, 4) is 27.9 Å². The smallest absolute Gasteiger partial charge is 0.0541 e. The Bertz CT molecular complexity index is 2080. The summed E-state index contributed by atoms with van der Waals surface area (Å²) in [5, 5.41) is 7.60. The van der Waals surface area contributed by atoms with E-state index in [1.54, 1.807) is 0 Å². The van der Waals surface area contributed by atoms with E-state index in [2.05, 4.69) is 157 Å². The number of aromatic nitrogens is 1. The van der Waals surface area contributed by atoms with Gasteiger partial charge in [0, 0.05) is 16.5 Å². The van der Waals surface area contributed by atoms with Crippen molar-refractivity contribution in [1.29, 1.82) is 0 Å². The number of hydrogen-bond acceptors (Lipinski definition) is 0. The molecule has 0 spiro atoms. The highest BCUT2D eigenvalue weighted by atomic mass is 15.0. The second kappa shape index (κ2) is 8.97. The van der Waals surface area contributed by atoms with Gasteiger partial charge in [-0.1, -0.05) is 103 Å². The summed E-state index contributed by atoms with van der Waals surface area (Å²) < 4.78 is 2.40. The zero-order valence-corrected chi connectivity index (χ0v) is 22.3. The summed E-state index contributed by atoms with van der Waals surface area (Å²) in [7, 11) is 0. The normalized spacial score (nSPS) is 11.6. The minimum Gasteiger partial charge on any atom is -0.309 e. The lowest BCUT2D eigenvalue weighted by atomic mass is 9.98. The second-order valence-corrected chi connectivity index (χ2v) is 10.8. The van der Waals surface area contributed by atoms with Crippen LogP contribution >= 0.6 is 0 Å². The van der Waals surface area contributed by atoms with Gasteiger partial charge in [-0.3, -0.25) is 0 Å². The van der Waals surface area contributed by atoms with E-state index in [1.165, 1.54) is 76.9 Å². The van der Waals surface area contributed by atoms with Crippen LogP contribution in [0.2, 0.25) is 0 Å². The zero-order valence-electron chi connectivity index (χ0n) is 22.3. The van der Waals surface area contributed by atoms with Crippen LogP contribution in [0, 0.1) is 6.92 Å². The number of aryl methyl sites for hydroxylation is 1. The van der Waals surface area contributed by atoms with Crippen LogP contribution in [0.5, 0.6) is 0 Å². The fourth-order valence-corrected chi connectivity index (χ4v) is 6.09. The molecule has 0 N–H and O–H groups in total. The van der Waals surface area contributed by atoms with Crippen LogP contribution in [0.3, 0.4) is 0 Å². The molecule has 7 aromatic carbocycles. The van der Waals surface area contributed by atoms with Gasteiger partial charge >= 0.3 is 0 Å². The first-order valence-electron chi connectivity index (χ1n) is 13.8. The van der Waals surface area contributed by atoms with E-state index in [0.717, 1.165) is 0 Å². The van der Waals surface area contributed by atoms with E-state index >= 15 is 0 Å². The lowest BCUT2D eigenvalue weighted by molar-refractivity contribution is 1.17. The molecule has 0 aliphatic carbocycles. The van der Waals surface area contributed by atoms with Crippen LogP contribution in [-0.2, 0) is 0 Å². The van der Waals surface area contributed by atoms with E-state index in [0.29, 0.717) is 0 Å². The van der Waals surface area contributed by atoms with Gasteiger partial charge in [-0.2, -0.15) is 0 Å². The molecule has 0 aliphatic heterocycles. The van der Waals surface area contributed by atoms with Crippen molar-refractivity contribution in [1.82, 2.24) is 4.57 Å². The highest BCUT2D eigenvalue weighted by molar-refractivity contribution is 6.12. The molecule has 0 saturated carbocycles. The van der Waals surface area contributed by atoms with Gasteiger partial charge in [0.25, 0.3) is 0 Å². The molecule has 188 valence electrons. The number of rotatable bonds is 3.